The van der Waals surface area contributed by atoms with Crippen LogP contribution in [0.15, 0.2) is 34.8 Å². The molecule has 21 heavy (non-hydrogen) atoms. The van der Waals surface area contributed by atoms with E-state index in [0.29, 0.717) is 4.47 Å². The molecule has 0 bridgehead atoms. The SMILES string of the molecule is Oc1cc2c(cc1O)[C@H](Cc1ccc(O)c(Br)c1)NCC2. The molecule has 0 spiro atoms. The molecule has 4 N–H and O–H groups in total. The Hall–Kier alpha value is -1.72. The summed E-state index contributed by atoms with van der Waals surface area (Å²) < 4.78 is 0.671. The van der Waals surface area contributed by atoms with Crippen LogP contribution in [0.2, 0.25) is 0 Å². The summed E-state index contributed by atoms with van der Waals surface area (Å²) in [4.78, 5) is 0. The highest BCUT2D eigenvalue weighted by atomic mass is 79.9. The maximum Gasteiger partial charge on any atom is 0.157 e. The monoisotopic (exact) mass is 349 g/mol. The number of benzene rings is 2. The van der Waals surface area contributed by atoms with E-state index >= 15 is 0 Å². The fourth-order valence-corrected chi connectivity index (χ4v) is 3.19. The predicted octanol–water partition coefficient (Wildman–Crippen LogP) is 3.00. The molecule has 0 unspecified atom stereocenters. The van der Waals surface area contributed by atoms with Crippen molar-refractivity contribution in [3.63, 3.8) is 0 Å². The third kappa shape index (κ3) is 2.84. The average molecular weight is 350 g/mol. The van der Waals surface area contributed by atoms with Crippen LogP contribution in [0.1, 0.15) is 22.7 Å². The molecular formula is C16H16BrNO3. The van der Waals surface area contributed by atoms with Crippen LogP contribution in [0.3, 0.4) is 0 Å². The van der Waals surface area contributed by atoms with Crippen molar-refractivity contribution >= 4 is 15.9 Å². The Balaban J connectivity index is 1.91. The first-order chi connectivity index (χ1) is 10.0. The number of aromatic hydroxyl groups is 3. The molecule has 1 aliphatic rings. The highest BCUT2D eigenvalue weighted by Gasteiger charge is 2.22. The summed E-state index contributed by atoms with van der Waals surface area (Å²) in [5, 5.41) is 32.3. The van der Waals surface area contributed by atoms with Gasteiger partial charge in [0.15, 0.2) is 11.5 Å². The van der Waals surface area contributed by atoms with Crippen molar-refractivity contribution in [1.29, 1.82) is 0 Å². The average Bonchev–Trinajstić information content (AvgIpc) is 2.45. The number of fused-ring (bicyclic) bond motifs is 1. The van der Waals surface area contributed by atoms with Gasteiger partial charge in [-0.05, 0) is 76.3 Å². The van der Waals surface area contributed by atoms with Gasteiger partial charge in [-0.15, -0.1) is 0 Å². The first kappa shape index (κ1) is 14.2. The molecule has 0 saturated carbocycles. The van der Waals surface area contributed by atoms with Crippen LogP contribution in [0.5, 0.6) is 17.2 Å². The first-order valence-corrected chi connectivity index (χ1v) is 7.59. The van der Waals surface area contributed by atoms with Gasteiger partial charge in [-0.2, -0.15) is 0 Å². The molecule has 0 aliphatic carbocycles. The maximum absolute atomic E-state index is 9.72. The quantitative estimate of drug-likeness (QED) is 0.629. The van der Waals surface area contributed by atoms with Gasteiger partial charge in [-0.1, -0.05) is 6.07 Å². The van der Waals surface area contributed by atoms with Crippen molar-refractivity contribution in [2.24, 2.45) is 0 Å². The van der Waals surface area contributed by atoms with Gasteiger partial charge in [0.2, 0.25) is 0 Å². The molecule has 0 aromatic heterocycles. The van der Waals surface area contributed by atoms with Crippen LogP contribution in [0, 0.1) is 0 Å². The second-order valence-electron chi connectivity index (χ2n) is 5.29. The summed E-state index contributed by atoms with van der Waals surface area (Å²) in [6.45, 7) is 0.834. The standard InChI is InChI=1S/C16H16BrNO3/c17-12-5-9(1-2-14(12)19)6-13-11-8-16(21)15(20)7-10(11)3-4-18-13/h1-2,5,7-8,13,18-21H,3-4,6H2/t13-/m0/s1. The van der Waals surface area contributed by atoms with E-state index in [2.05, 4.69) is 21.2 Å². The third-order valence-corrected chi connectivity index (χ3v) is 4.48. The molecule has 4 nitrogen and oxygen atoms in total. The first-order valence-electron chi connectivity index (χ1n) is 6.80. The molecule has 0 saturated heterocycles. The number of hydrogen-bond donors (Lipinski definition) is 4. The van der Waals surface area contributed by atoms with E-state index in [1.54, 1.807) is 18.2 Å². The van der Waals surface area contributed by atoms with E-state index in [0.717, 1.165) is 36.1 Å². The topological polar surface area (TPSA) is 72.7 Å². The van der Waals surface area contributed by atoms with Crippen molar-refractivity contribution < 1.29 is 15.3 Å². The Labute approximate surface area is 131 Å². The van der Waals surface area contributed by atoms with Crippen molar-refractivity contribution in [3.05, 3.63) is 51.5 Å². The molecule has 1 heterocycles. The second-order valence-corrected chi connectivity index (χ2v) is 6.14. The molecular weight excluding hydrogens is 334 g/mol. The van der Waals surface area contributed by atoms with Gasteiger partial charge in [0.1, 0.15) is 5.75 Å². The Morgan fingerprint density at radius 2 is 1.81 bits per heavy atom. The molecule has 110 valence electrons. The Kier molecular flexibility index (Phi) is 3.78. The lowest BCUT2D eigenvalue weighted by molar-refractivity contribution is 0.398. The van der Waals surface area contributed by atoms with Crippen LogP contribution in [0.25, 0.3) is 0 Å². The van der Waals surface area contributed by atoms with Crippen LogP contribution in [0.4, 0.5) is 0 Å². The number of nitrogens with one attached hydrogen (secondary N) is 1. The van der Waals surface area contributed by atoms with Crippen LogP contribution in [-0.2, 0) is 12.8 Å². The zero-order valence-electron chi connectivity index (χ0n) is 11.3. The molecule has 0 radical (unpaired) electrons. The summed E-state index contributed by atoms with van der Waals surface area (Å²) >= 11 is 3.32. The van der Waals surface area contributed by atoms with Gasteiger partial charge < -0.3 is 20.6 Å². The Bertz CT molecular complexity index is 687. The largest absolute Gasteiger partial charge is 0.507 e. The van der Waals surface area contributed by atoms with E-state index in [-0.39, 0.29) is 23.3 Å². The molecule has 1 aliphatic heterocycles. The van der Waals surface area contributed by atoms with Gasteiger partial charge in [0.25, 0.3) is 0 Å². The molecule has 5 heteroatoms. The van der Waals surface area contributed by atoms with Gasteiger partial charge in [0, 0.05) is 6.04 Å². The minimum Gasteiger partial charge on any atom is -0.507 e. The number of phenolic OH excluding ortho intramolecular Hbond substituents is 3. The van der Waals surface area contributed by atoms with Crippen LogP contribution >= 0.6 is 15.9 Å². The van der Waals surface area contributed by atoms with E-state index in [1.807, 2.05) is 12.1 Å². The lowest BCUT2D eigenvalue weighted by atomic mass is 9.90. The zero-order valence-corrected chi connectivity index (χ0v) is 12.9. The summed E-state index contributed by atoms with van der Waals surface area (Å²) in [6.07, 6.45) is 1.58. The fraction of sp³-hybridized carbons (Fsp3) is 0.250. The van der Waals surface area contributed by atoms with E-state index in [1.165, 1.54) is 0 Å². The number of rotatable bonds is 2. The zero-order chi connectivity index (χ0) is 15.0. The van der Waals surface area contributed by atoms with Gasteiger partial charge in [-0.3, -0.25) is 0 Å². The van der Waals surface area contributed by atoms with Gasteiger partial charge in [0.05, 0.1) is 4.47 Å². The number of hydrogen-bond acceptors (Lipinski definition) is 4. The summed E-state index contributed by atoms with van der Waals surface area (Å²) in [6, 6.07) is 8.80. The summed E-state index contributed by atoms with van der Waals surface area (Å²) in [7, 11) is 0. The smallest absolute Gasteiger partial charge is 0.157 e. The highest BCUT2D eigenvalue weighted by molar-refractivity contribution is 9.10. The van der Waals surface area contributed by atoms with Gasteiger partial charge in [-0.25, -0.2) is 0 Å². The Morgan fingerprint density at radius 1 is 1.05 bits per heavy atom. The van der Waals surface area contributed by atoms with E-state index in [4.69, 9.17) is 0 Å². The normalized spacial score (nSPS) is 17.5. The molecule has 0 amide bonds. The van der Waals surface area contributed by atoms with E-state index < -0.39 is 0 Å². The van der Waals surface area contributed by atoms with Crippen molar-refractivity contribution in [2.75, 3.05) is 6.54 Å². The third-order valence-electron chi connectivity index (χ3n) is 3.85. The second kappa shape index (κ2) is 5.58. The van der Waals surface area contributed by atoms with Crippen LogP contribution < -0.4 is 5.32 Å². The Morgan fingerprint density at radius 3 is 2.57 bits per heavy atom. The fourth-order valence-electron chi connectivity index (χ4n) is 2.76. The minimum atomic E-state index is -0.0886. The van der Waals surface area contributed by atoms with Gasteiger partial charge >= 0.3 is 0 Å². The molecule has 2 aromatic carbocycles. The summed E-state index contributed by atoms with van der Waals surface area (Å²) in [5.41, 5.74) is 3.16. The molecule has 2 aromatic rings. The number of halogens is 1. The highest BCUT2D eigenvalue weighted by Crippen LogP contribution is 2.35. The molecule has 1 atom stereocenters. The van der Waals surface area contributed by atoms with Crippen molar-refractivity contribution in [1.82, 2.24) is 5.32 Å². The molecule has 3 rings (SSSR count). The van der Waals surface area contributed by atoms with E-state index in [9.17, 15) is 15.3 Å². The van der Waals surface area contributed by atoms with Crippen molar-refractivity contribution in [2.45, 2.75) is 18.9 Å². The predicted molar refractivity (Wildman–Crippen MR) is 83.7 cm³/mol. The summed E-state index contributed by atoms with van der Waals surface area (Å²) in [5.74, 6) is 0.0643. The maximum atomic E-state index is 9.72. The molecule has 0 fully saturated rings. The lowest BCUT2D eigenvalue weighted by Crippen LogP contribution is -2.31. The lowest BCUT2D eigenvalue weighted by Gasteiger charge is -2.27. The van der Waals surface area contributed by atoms with Crippen molar-refractivity contribution in [3.8, 4) is 17.2 Å². The van der Waals surface area contributed by atoms with Crippen LogP contribution in [-0.4, -0.2) is 21.9 Å². The number of phenols is 3. The minimum absolute atomic E-state index is 0.0678.